The summed E-state index contributed by atoms with van der Waals surface area (Å²) in [6, 6.07) is 22.1. The number of carbonyl (C=O) groups excluding carboxylic acids is 1. The van der Waals surface area contributed by atoms with Crippen molar-refractivity contribution in [3.8, 4) is 11.3 Å². The minimum absolute atomic E-state index is 0.0458. The second-order valence-corrected chi connectivity index (χ2v) is 7.66. The molecule has 0 radical (unpaired) electrons. The molecule has 0 aliphatic rings. The molecule has 7 heteroatoms. The number of nitrogens with two attached hydrogens (primary N) is 1. The van der Waals surface area contributed by atoms with E-state index in [0.29, 0.717) is 12.5 Å². The molecule has 0 fully saturated rings. The second-order valence-electron chi connectivity index (χ2n) is 7.66. The van der Waals surface area contributed by atoms with Gasteiger partial charge in [-0.1, -0.05) is 60.7 Å². The Morgan fingerprint density at radius 3 is 2.38 bits per heavy atom. The van der Waals surface area contributed by atoms with Crippen LogP contribution in [-0.2, 0) is 17.8 Å². The summed E-state index contributed by atoms with van der Waals surface area (Å²) in [6.45, 7) is 2.56. The van der Waals surface area contributed by atoms with Crippen LogP contribution in [-0.4, -0.2) is 20.9 Å². The zero-order valence-electron chi connectivity index (χ0n) is 17.9. The van der Waals surface area contributed by atoms with Crippen molar-refractivity contribution >= 4 is 17.7 Å². The van der Waals surface area contributed by atoms with E-state index >= 15 is 0 Å². The maximum absolute atomic E-state index is 12.3. The van der Waals surface area contributed by atoms with E-state index in [-0.39, 0.29) is 18.4 Å². The number of hydrogen-bond acceptors (Lipinski definition) is 5. The van der Waals surface area contributed by atoms with E-state index in [2.05, 4.69) is 44.6 Å². The van der Waals surface area contributed by atoms with Gasteiger partial charge in [-0.15, -0.1) is 0 Å². The molecule has 0 bridgehead atoms. The number of anilines is 2. The predicted molar refractivity (Wildman–Crippen MR) is 127 cm³/mol. The topological polar surface area (TPSA) is 109 Å². The largest absolute Gasteiger partial charge is 0.369 e. The summed E-state index contributed by atoms with van der Waals surface area (Å²) in [6.07, 6.45) is 3.72. The maximum atomic E-state index is 12.3. The van der Waals surface area contributed by atoms with Crippen molar-refractivity contribution in [1.82, 2.24) is 20.3 Å². The minimum Gasteiger partial charge on any atom is -0.369 e. The van der Waals surface area contributed by atoms with Crippen molar-refractivity contribution in [2.75, 3.05) is 11.1 Å². The first kappa shape index (κ1) is 21.1. The molecule has 2 aromatic heterocycles. The Labute approximate surface area is 187 Å². The molecule has 0 aliphatic carbocycles. The van der Waals surface area contributed by atoms with Crippen molar-refractivity contribution in [2.45, 2.75) is 25.9 Å². The number of amides is 1. The summed E-state index contributed by atoms with van der Waals surface area (Å²) in [5.74, 6) is 1.13. The fourth-order valence-electron chi connectivity index (χ4n) is 3.40. The van der Waals surface area contributed by atoms with Crippen molar-refractivity contribution in [1.29, 1.82) is 0 Å². The molecule has 4 rings (SSSR count). The normalized spacial score (nSPS) is 11.7. The highest BCUT2D eigenvalue weighted by molar-refractivity contribution is 5.78. The standard InChI is InChI=1S/C25H26N6O/c1-17(20-5-3-2-4-6-20)30-23-12-9-19(15-27-23)13-24(32)28-14-18-7-10-21(11-8-18)22-16-29-25(26)31-22/h2-12,15-17H,13-14H2,1H3,(H,27,30)(H,28,32)(H3,26,29,31). The maximum Gasteiger partial charge on any atom is 0.224 e. The van der Waals surface area contributed by atoms with Crippen LogP contribution in [0.2, 0.25) is 0 Å². The highest BCUT2D eigenvalue weighted by atomic mass is 16.1. The highest BCUT2D eigenvalue weighted by Crippen LogP contribution is 2.19. The van der Waals surface area contributed by atoms with E-state index < -0.39 is 0 Å². The number of nitrogen functional groups attached to an aromatic ring is 1. The lowest BCUT2D eigenvalue weighted by Crippen LogP contribution is -2.24. The van der Waals surface area contributed by atoms with Crippen LogP contribution in [0.1, 0.15) is 29.7 Å². The van der Waals surface area contributed by atoms with Gasteiger partial charge in [-0.25, -0.2) is 9.97 Å². The third-order valence-electron chi connectivity index (χ3n) is 5.20. The van der Waals surface area contributed by atoms with Gasteiger partial charge in [0, 0.05) is 18.8 Å². The molecular weight excluding hydrogens is 400 g/mol. The predicted octanol–water partition coefficient (Wildman–Crippen LogP) is 4.09. The lowest BCUT2D eigenvalue weighted by molar-refractivity contribution is -0.120. The van der Waals surface area contributed by atoms with E-state index in [4.69, 9.17) is 5.73 Å². The number of hydrogen-bond donors (Lipinski definition) is 4. The monoisotopic (exact) mass is 426 g/mol. The van der Waals surface area contributed by atoms with Gasteiger partial charge in [0.1, 0.15) is 5.82 Å². The Morgan fingerprint density at radius 2 is 1.72 bits per heavy atom. The second kappa shape index (κ2) is 9.78. The van der Waals surface area contributed by atoms with Crippen molar-refractivity contribution < 1.29 is 4.79 Å². The smallest absolute Gasteiger partial charge is 0.224 e. The molecule has 1 amide bonds. The van der Waals surface area contributed by atoms with Gasteiger partial charge in [0.2, 0.25) is 5.91 Å². The fourth-order valence-corrected chi connectivity index (χ4v) is 3.40. The molecule has 1 atom stereocenters. The quantitative estimate of drug-likeness (QED) is 0.339. The Balaban J connectivity index is 1.26. The van der Waals surface area contributed by atoms with E-state index in [9.17, 15) is 4.79 Å². The number of nitrogens with zero attached hydrogens (tertiary/aromatic N) is 2. The molecular formula is C25H26N6O. The number of aromatic nitrogens is 3. The van der Waals surface area contributed by atoms with Gasteiger partial charge in [0.15, 0.2) is 5.95 Å². The van der Waals surface area contributed by atoms with Crippen LogP contribution in [0.25, 0.3) is 11.3 Å². The molecule has 0 spiro atoms. The first-order valence-electron chi connectivity index (χ1n) is 10.5. The molecule has 32 heavy (non-hydrogen) atoms. The molecule has 4 aromatic rings. The molecule has 5 N–H and O–H groups in total. The fraction of sp³-hybridized carbons (Fsp3) is 0.160. The lowest BCUT2D eigenvalue weighted by Gasteiger charge is -2.15. The lowest BCUT2D eigenvalue weighted by atomic mass is 10.1. The summed E-state index contributed by atoms with van der Waals surface area (Å²) in [7, 11) is 0. The van der Waals surface area contributed by atoms with Crippen LogP contribution in [0.4, 0.5) is 11.8 Å². The third kappa shape index (κ3) is 5.51. The number of pyridine rings is 1. The molecule has 2 heterocycles. The molecule has 0 saturated carbocycles. The number of nitrogens with one attached hydrogen (secondary N) is 3. The number of aromatic amines is 1. The minimum atomic E-state index is -0.0458. The third-order valence-corrected chi connectivity index (χ3v) is 5.20. The zero-order chi connectivity index (χ0) is 22.3. The Kier molecular flexibility index (Phi) is 6.46. The van der Waals surface area contributed by atoms with E-state index in [1.807, 2.05) is 54.6 Å². The summed E-state index contributed by atoms with van der Waals surface area (Å²) >= 11 is 0. The number of H-pyrrole nitrogens is 1. The van der Waals surface area contributed by atoms with Gasteiger partial charge < -0.3 is 21.4 Å². The molecule has 2 aromatic carbocycles. The average molecular weight is 427 g/mol. The SMILES string of the molecule is CC(Nc1ccc(CC(=O)NCc2ccc(-c3cnc(N)[nH]3)cc2)cn1)c1ccccc1. The Hall–Kier alpha value is -4.13. The van der Waals surface area contributed by atoms with Gasteiger partial charge >= 0.3 is 0 Å². The first-order chi connectivity index (χ1) is 15.6. The molecule has 0 aliphatic heterocycles. The highest BCUT2D eigenvalue weighted by Gasteiger charge is 2.08. The van der Waals surface area contributed by atoms with Crippen LogP contribution in [0.3, 0.4) is 0 Å². The van der Waals surface area contributed by atoms with Crippen molar-refractivity contribution in [2.24, 2.45) is 0 Å². The summed E-state index contributed by atoms with van der Waals surface area (Å²) in [4.78, 5) is 23.8. The number of rotatable bonds is 8. The summed E-state index contributed by atoms with van der Waals surface area (Å²) in [5.41, 5.74) is 10.6. The number of imidazole rings is 1. The van der Waals surface area contributed by atoms with Gasteiger partial charge in [0.25, 0.3) is 0 Å². The van der Waals surface area contributed by atoms with Gasteiger partial charge in [-0.05, 0) is 35.2 Å². The van der Waals surface area contributed by atoms with Crippen LogP contribution in [0, 0.1) is 0 Å². The van der Waals surface area contributed by atoms with E-state index in [0.717, 1.165) is 28.2 Å². The van der Waals surface area contributed by atoms with Crippen LogP contribution in [0.15, 0.2) is 79.1 Å². The van der Waals surface area contributed by atoms with Gasteiger partial charge in [-0.2, -0.15) is 0 Å². The van der Waals surface area contributed by atoms with Gasteiger partial charge in [-0.3, -0.25) is 4.79 Å². The molecule has 0 saturated heterocycles. The van der Waals surface area contributed by atoms with Crippen LogP contribution in [0.5, 0.6) is 0 Å². The van der Waals surface area contributed by atoms with Gasteiger partial charge in [0.05, 0.1) is 18.3 Å². The summed E-state index contributed by atoms with van der Waals surface area (Å²) in [5, 5.41) is 6.33. The number of benzene rings is 2. The Bertz CT molecular complexity index is 1150. The molecule has 7 nitrogen and oxygen atoms in total. The first-order valence-corrected chi connectivity index (χ1v) is 10.5. The zero-order valence-corrected chi connectivity index (χ0v) is 17.9. The van der Waals surface area contributed by atoms with E-state index in [1.54, 1.807) is 12.4 Å². The van der Waals surface area contributed by atoms with Crippen molar-refractivity contribution in [3.63, 3.8) is 0 Å². The molecule has 1 unspecified atom stereocenters. The molecule has 162 valence electrons. The number of carbonyl (C=O) groups is 1. The van der Waals surface area contributed by atoms with Crippen LogP contribution < -0.4 is 16.4 Å². The van der Waals surface area contributed by atoms with E-state index in [1.165, 1.54) is 5.56 Å². The summed E-state index contributed by atoms with van der Waals surface area (Å²) < 4.78 is 0. The average Bonchev–Trinajstić information content (AvgIpc) is 3.26. The van der Waals surface area contributed by atoms with Crippen molar-refractivity contribution in [3.05, 3.63) is 95.8 Å². The Morgan fingerprint density at radius 1 is 0.969 bits per heavy atom. The van der Waals surface area contributed by atoms with Crippen LogP contribution >= 0.6 is 0 Å².